The first-order chi connectivity index (χ1) is 7.36. The Morgan fingerprint density at radius 1 is 1.33 bits per heavy atom. The fraction of sp³-hybridized carbons (Fsp3) is 0.167. The molecule has 0 aliphatic heterocycles. The number of hydrogen-bond donors (Lipinski definition) is 1. The lowest BCUT2D eigenvalue weighted by molar-refractivity contribution is 0.285. The smallest absolute Gasteiger partial charge is 0.112 e. The second-order valence-corrected chi connectivity index (χ2v) is 3.28. The van der Waals surface area contributed by atoms with Gasteiger partial charge in [0.15, 0.2) is 0 Å². The van der Waals surface area contributed by atoms with Crippen LogP contribution in [0.2, 0.25) is 0 Å². The van der Waals surface area contributed by atoms with Gasteiger partial charge in [0.25, 0.3) is 0 Å². The van der Waals surface area contributed by atoms with Crippen molar-refractivity contribution in [3.8, 4) is 6.07 Å². The number of pyridine rings is 1. The van der Waals surface area contributed by atoms with Crippen LogP contribution < -0.4 is 0 Å². The molecule has 1 N–H and O–H groups in total. The lowest BCUT2D eigenvalue weighted by Gasteiger charge is -2.08. The summed E-state index contributed by atoms with van der Waals surface area (Å²) in [5, 5.41) is 19.9. The molecular weight excluding hydrogens is 188 g/mol. The molecule has 1 heterocycles. The molecule has 0 radical (unpaired) electrons. The highest BCUT2D eigenvalue weighted by Gasteiger charge is 2.13. The molecule has 0 spiro atoms. The molecule has 2 rings (SSSR count). The molecule has 1 unspecified atom stereocenters. The van der Waals surface area contributed by atoms with Crippen molar-refractivity contribution in [1.29, 1.82) is 5.26 Å². The Bertz CT molecular complexity index is 511. The average molecular weight is 198 g/mol. The first-order valence-corrected chi connectivity index (χ1v) is 4.71. The van der Waals surface area contributed by atoms with E-state index in [-0.39, 0.29) is 6.61 Å². The molecule has 1 aromatic carbocycles. The van der Waals surface area contributed by atoms with Gasteiger partial charge < -0.3 is 5.11 Å². The van der Waals surface area contributed by atoms with E-state index in [1.807, 2.05) is 36.4 Å². The van der Waals surface area contributed by atoms with Crippen LogP contribution >= 0.6 is 0 Å². The van der Waals surface area contributed by atoms with Crippen molar-refractivity contribution >= 4 is 10.8 Å². The van der Waals surface area contributed by atoms with Gasteiger partial charge in [-0.1, -0.05) is 24.3 Å². The number of nitriles is 1. The number of nitrogens with zero attached hydrogens (tertiary/aromatic N) is 2. The average Bonchev–Trinajstić information content (AvgIpc) is 2.31. The summed E-state index contributed by atoms with van der Waals surface area (Å²) in [6.45, 7) is -0.197. The third-order valence-electron chi connectivity index (χ3n) is 2.37. The Kier molecular flexibility index (Phi) is 2.61. The number of aliphatic hydroxyl groups is 1. The van der Waals surface area contributed by atoms with Gasteiger partial charge in [0.1, 0.15) is 5.92 Å². The van der Waals surface area contributed by atoms with Gasteiger partial charge in [0.2, 0.25) is 0 Å². The predicted octanol–water partition coefficient (Wildman–Crippen LogP) is 1.83. The van der Waals surface area contributed by atoms with Crippen molar-refractivity contribution in [3.63, 3.8) is 0 Å². The lowest BCUT2D eigenvalue weighted by Crippen LogP contribution is -2.04. The minimum atomic E-state index is -0.545. The zero-order chi connectivity index (χ0) is 10.7. The molecule has 74 valence electrons. The molecule has 0 bridgehead atoms. The maximum absolute atomic E-state index is 9.08. The molecule has 0 saturated carbocycles. The third kappa shape index (κ3) is 1.67. The van der Waals surface area contributed by atoms with Crippen LogP contribution in [0.1, 0.15) is 11.6 Å². The second kappa shape index (κ2) is 4.07. The van der Waals surface area contributed by atoms with E-state index < -0.39 is 5.92 Å². The number of aliphatic hydroxyl groups excluding tert-OH is 1. The van der Waals surface area contributed by atoms with Crippen molar-refractivity contribution < 1.29 is 5.11 Å². The largest absolute Gasteiger partial charge is 0.395 e. The topological polar surface area (TPSA) is 56.9 Å². The van der Waals surface area contributed by atoms with Gasteiger partial charge in [-0.2, -0.15) is 5.26 Å². The SMILES string of the molecule is N#CC(CO)c1nccc2ccccc12. The summed E-state index contributed by atoms with van der Waals surface area (Å²) in [6, 6.07) is 11.7. The Hall–Kier alpha value is -1.92. The number of hydrogen-bond acceptors (Lipinski definition) is 3. The fourth-order valence-corrected chi connectivity index (χ4v) is 1.61. The maximum Gasteiger partial charge on any atom is 0.112 e. The normalized spacial score (nSPS) is 12.3. The van der Waals surface area contributed by atoms with Crippen molar-refractivity contribution in [2.45, 2.75) is 5.92 Å². The van der Waals surface area contributed by atoms with Gasteiger partial charge in [0.05, 0.1) is 18.4 Å². The van der Waals surface area contributed by atoms with Gasteiger partial charge in [-0.15, -0.1) is 0 Å². The van der Waals surface area contributed by atoms with Crippen molar-refractivity contribution in [3.05, 3.63) is 42.2 Å². The van der Waals surface area contributed by atoms with Crippen molar-refractivity contribution in [2.24, 2.45) is 0 Å². The molecule has 15 heavy (non-hydrogen) atoms. The first kappa shape index (κ1) is 9.63. The molecule has 3 heteroatoms. The summed E-state index contributed by atoms with van der Waals surface area (Å²) >= 11 is 0. The molecule has 1 atom stereocenters. The molecule has 0 aliphatic rings. The van der Waals surface area contributed by atoms with Gasteiger partial charge in [-0.25, -0.2) is 0 Å². The van der Waals surface area contributed by atoms with E-state index in [4.69, 9.17) is 10.4 Å². The zero-order valence-corrected chi connectivity index (χ0v) is 8.09. The van der Waals surface area contributed by atoms with E-state index in [1.54, 1.807) is 6.20 Å². The minimum Gasteiger partial charge on any atom is -0.395 e. The number of benzene rings is 1. The van der Waals surface area contributed by atoms with Gasteiger partial charge in [-0.3, -0.25) is 4.98 Å². The molecule has 3 nitrogen and oxygen atoms in total. The van der Waals surface area contributed by atoms with Crippen LogP contribution in [0.25, 0.3) is 10.8 Å². The highest BCUT2D eigenvalue weighted by Crippen LogP contribution is 2.22. The van der Waals surface area contributed by atoms with Crippen molar-refractivity contribution in [1.82, 2.24) is 4.98 Å². The van der Waals surface area contributed by atoms with E-state index in [0.29, 0.717) is 5.69 Å². The van der Waals surface area contributed by atoms with Crippen LogP contribution in [0.4, 0.5) is 0 Å². The van der Waals surface area contributed by atoms with E-state index >= 15 is 0 Å². The lowest BCUT2D eigenvalue weighted by atomic mass is 10.0. The van der Waals surface area contributed by atoms with Gasteiger partial charge in [0, 0.05) is 11.6 Å². The van der Waals surface area contributed by atoms with E-state index in [9.17, 15) is 0 Å². The minimum absolute atomic E-state index is 0.197. The maximum atomic E-state index is 9.08. The first-order valence-electron chi connectivity index (χ1n) is 4.71. The number of fused-ring (bicyclic) bond motifs is 1. The summed E-state index contributed by atoms with van der Waals surface area (Å²) in [6.07, 6.45) is 1.66. The molecule has 0 fully saturated rings. The molecule has 0 aliphatic carbocycles. The third-order valence-corrected chi connectivity index (χ3v) is 2.37. The zero-order valence-electron chi connectivity index (χ0n) is 8.09. The number of rotatable bonds is 2. The Morgan fingerprint density at radius 3 is 2.87 bits per heavy atom. The van der Waals surface area contributed by atoms with Gasteiger partial charge in [-0.05, 0) is 11.5 Å². The summed E-state index contributed by atoms with van der Waals surface area (Å²) in [4.78, 5) is 4.17. The van der Waals surface area contributed by atoms with Crippen LogP contribution in [0.15, 0.2) is 36.5 Å². The predicted molar refractivity (Wildman–Crippen MR) is 57.2 cm³/mol. The second-order valence-electron chi connectivity index (χ2n) is 3.28. The van der Waals surface area contributed by atoms with E-state index in [1.165, 1.54) is 0 Å². The van der Waals surface area contributed by atoms with E-state index in [2.05, 4.69) is 4.98 Å². The number of aromatic nitrogens is 1. The highest BCUT2D eigenvalue weighted by atomic mass is 16.3. The Morgan fingerprint density at radius 2 is 2.13 bits per heavy atom. The summed E-state index contributed by atoms with van der Waals surface area (Å²) in [5.41, 5.74) is 0.651. The Balaban J connectivity index is 2.66. The monoisotopic (exact) mass is 198 g/mol. The summed E-state index contributed by atoms with van der Waals surface area (Å²) in [7, 11) is 0. The van der Waals surface area contributed by atoms with Crippen LogP contribution in [0.3, 0.4) is 0 Å². The molecule has 1 aromatic heterocycles. The standard InChI is InChI=1S/C12H10N2O/c13-7-10(8-15)12-11-4-2-1-3-9(11)5-6-14-12/h1-6,10,15H,8H2. The van der Waals surface area contributed by atoms with Gasteiger partial charge >= 0.3 is 0 Å². The quantitative estimate of drug-likeness (QED) is 0.800. The summed E-state index contributed by atoms with van der Waals surface area (Å²) < 4.78 is 0. The van der Waals surface area contributed by atoms with Crippen LogP contribution in [0, 0.1) is 11.3 Å². The van der Waals surface area contributed by atoms with Crippen LogP contribution in [-0.4, -0.2) is 16.7 Å². The molecule has 2 aromatic rings. The molecule has 0 saturated heterocycles. The van der Waals surface area contributed by atoms with Crippen LogP contribution in [-0.2, 0) is 0 Å². The fourth-order valence-electron chi connectivity index (χ4n) is 1.61. The molecular formula is C12H10N2O. The van der Waals surface area contributed by atoms with E-state index in [0.717, 1.165) is 10.8 Å². The molecule has 0 amide bonds. The Labute approximate surface area is 87.6 Å². The summed E-state index contributed by atoms with van der Waals surface area (Å²) in [5.74, 6) is -0.545. The van der Waals surface area contributed by atoms with Crippen molar-refractivity contribution in [2.75, 3.05) is 6.61 Å². The highest BCUT2D eigenvalue weighted by molar-refractivity contribution is 5.85. The van der Waals surface area contributed by atoms with Crippen LogP contribution in [0.5, 0.6) is 0 Å².